The van der Waals surface area contributed by atoms with E-state index < -0.39 is 23.2 Å². The summed E-state index contributed by atoms with van der Waals surface area (Å²) in [5, 5.41) is 2.16. The van der Waals surface area contributed by atoms with Crippen molar-refractivity contribution >= 4 is 28.5 Å². The van der Waals surface area contributed by atoms with E-state index in [1.54, 1.807) is 25.1 Å². The van der Waals surface area contributed by atoms with Crippen LogP contribution in [0.5, 0.6) is 0 Å². The molecule has 8 nitrogen and oxygen atoms in total. The molecule has 0 bridgehead atoms. The van der Waals surface area contributed by atoms with Gasteiger partial charge < -0.3 is 26.2 Å². The Hall–Kier alpha value is -4.01. The van der Waals surface area contributed by atoms with Crippen LogP contribution in [0.1, 0.15) is 58.1 Å². The van der Waals surface area contributed by atoms with E-state index in [2.05, 4.69) is 6.07 Å². The number of fused-ring (bicyclic) bond motifs is 1. The van der Waals surface area contributed by atoms with Crippen LogP contribution in [0.3, 0.4) is 0 Å². The summed E-state index contributed by atoms with van der Waals surface area (Å²) in [4.78, 5) is 47.5. The highest BCUT2D eigenvalue weighted by Gasteiger charge is 2.39. The van der Waals surface area contributed by atoms with Crippen LogP contribution in [0, 0.1) is 5.92 Å². The topological polar surface area (TPSA) is 113 Å². The first-order valence-electron chi connectivity index (χ1n) is 16.7. The largest absolute Gasteiger partial charge is 0.341 e. The molecule has 4 rings (SSSR count). The fourth-order valence-electron chi connectivity index (χ4n) is 6.32. The number of benzene rings is 3. The van der Waals surface area contributed by atoms with Gasteiger partial charge in [0.15, 0.2) is 0 Å². The fraction of sp³-hybridized carbons (Fsp3) is 0.462. The van der Waals surface area contributed by atoms with Gasteiger partial charge in [-0.2, -0.15) is 0 Å². The number of likely N-dealkylation sites (tertiary alicyclic amines) is 1. The van der Waals surface area contributed by atoms with E-state index in [-0.39, 0.29) is 23.6 Å². The summed E-state index contributed by atoms with van der Waals surface area (Å²) in [6.07, 6.45) is 6.24. The molecule has 4 N–H and O–H groups in total. The number of hydrogen-bond acceptors (Lipinski definition) is 5. The molecule has 1 heterocycles. The van der Waals surface area contributed by atoms with Gasteiger partial charge in [-0.15, -0.1) is 0 Å². The second kappa shape index (κ2) is 15.3. The molecule has 1 saturated heterocycles. The molecule has 1 aliphatic rings. The van der Waals surface area contributed by atoms with Crippen molar-refractivity contribution in [1.82, 2.24) is 14.7 Å². The standard InChI is InChI=1S/C39H53N5O3/c1-38(2,40)22-12-19-35(45)42(5)33(26-29-20-21-30-16-10-11-17-31(30)24-29)36(46)43(6)34(25-28-14-8-7-9-15-28)37(47)44-23-13-18-32(27-44)39(3,4)41/h7-12,14-17,19-21,24,32-34H,13,18,22-23,25-27,40-41H2,1-6H3/b19-12+/t32-,33+,34+/m0/s1. The maximum Gasteiger partial charge on any atom is 0.246 e. The van der Waals surface area contributed by atoms with Crippen LogP contribution < -0.4 is 11.5 Å². The van der Waals surface area contributed by atoms with Gasteiger partial charge in [0.1, 0.15) is 12.1 Å². The summed E-state index contributed by atoms with van der Waals surface area (Å²) in [6.45, 7) is 8.99. The minimum absolute atomic E-state index is 0.0952. The second-order valence-corrected chi connectivity index (χ2v) is 14.5. The molecule has 1 aliphatic heterocycles. The van der Waals surface area contributed by atoms with E-state index in [0.29, 0.717) is 32.4 Å². The van der Waals surface area contributed by atoms with Crippen molar-refractivity contribution in [3.8, 4) is 0 Å². The second-order valence-electron chi connectivity index (χ2n) is 14.5. The first-order valence-corrected chi connectivity index (χ1v) is 16.7. The maximum absolute atomic E-state index is 14.6. The molecule has 3 aromatic rings. The van der Waals surface area contributed by atoms with Crippen molar-refractivity contribution in [2.75, 3.05) is 27.2 Å². The van der Waals surface area contributed by atoms with Crippen LogP contribution in [-0.4, -0.2) is 82.8 Å². The number of carbonyl (C=O) groups is 3. The number of nitrogens with zero attached hydrogens (tertiary/aromatic N) is 3. The Balaban J connectivity index is 1.67. The molecule has 0 saturated carbocycles. The van der Waals surface area contributed by atoms with Gasteiger partial charge in [-0.1, -0.05) is 78.9 Å². The SMILES string of the molecule is CN(C(=O)/C=C/CC(C)(C)N)[C@H](Cc1ccc2ccccc2c1)C(=O)N(C)[C@H](Cc1ccccc1)C(=O)N1CCC[C@H](C(C)(C)N)C1. The number of piperidine rings is 1. The first kappa shape index (κ1) is 35.8. The smallest absolute Gasteiger partial charge is 0.246 e. The van der Waals surface area contributed by atoms with E-state index in [1.165, 1.54) is 11.0 Å². The lowest BCUT2D eigenvalue weighted by Crippen LogP contribution is -2.58. The van der Waals surface area contributed by atoms with Crippen LogP contribution >= 0.6 is 0 Å². The predicted molar refractivity (Wildman–Crippen MR) is 191 cm³/mol. The normalized spacial score (nSPS) is 17.0. The first-order chi connectivity index (χ1) is 22.1. The number of amides is 3. The van der Waals surface area contributed by atoms with E-state index in [4.69, 9.17) is 11.5 Å². The van der Waals surface area contributed by atoms with Crippen molar-refractivity contribution in [2.24, 2.45) is 17.4 Å². The highest BCUT2D eigenvalue weighted by atomic mass is 16.2. The van der Waals surface area contributed by atoms with Gasteiger partial charge in [0, 0.05) is 51.1 Å². The molecule has 47 heavy (non-hydrogen) atoms. The van der Waals surface area contributed by atoms with Gasteiger partial charge in [-0.3, -0.25) is 14.4 Å². The quantitative estimate of drug-likeness (QED) is 0.273. The molecule has 252 valence electrons. The van der Waals surface area contributed by atoms with Gasteiger partial charge in [0.05, 0.1) is 0 Å². The minimum atomic E-state index is -0.840. The summed E-state index contributed by atoms with van der Waals surface area (Å²) in [5.41, 5.74) is 13.6. The average Bonchev–Trinajstić information content (AvgIpc) is 3.04. The molecule has 8 heteroatoms. The zero-order chi connectivity index (χ0) is 34.4. The number of hydrogen-bond donors (Lipinski definition) is 2. The predicted octanol–water partition coefficient (Wildman–Crippen LogP) is 4.94. The Morgan fingerprint density at radius 2 is 1.49 bits per heavy atom. The Bertz CT molecular complexity index is 1560. The van der Waals surface area contributed by atoms with E-state index in [0.717, 1.165) is 34.7 Å². The van der Waals surface area contributed by atoms with Crippen LogP contribution in [0.2, 0.25) is 0 Å². The van der Waals surface area contributed by atoms with Crippen LogP contribution in [0.25, 0.3) is 10.8 Å². The number of rotatable bonds is 12. The lowest BCUT2D eigenvalue weighted by atomic mass is 9.82. The number of likely N-dealkylation sites (N-methyl/N-ethyl adjacent to an activating group) is 2. The number of carbonyl (C=O) groups excluding carboxylic acids is 3. The van der Waals surface area contributed by atoms with Crippen molar-refractivity contribution in [3.05, 3.63) is 96.1 Å². The van der Waals surface area contributed by atoms with E-state index in [9.17, 15) is 14.4 Å². The number of nitrogens with two attached hydrogens (primary N) is 2. The third-order valence-corrected chi connectivity index (χ3v) is 9.40. The van der Waals surface area contributed by atoms with E-state index in [1.807, 2.05) is 99.3 Å². The molecule has 3 atom stereocenters. The van der Waals surface area contributed by atoms with Gasteiger partial charge in [0.2, 0.25) is 17.7 Å². The maximum atomic E-state index is 14.6. The van der Waals surface area contributed by atoms with Gasteiger partial charge in [-0.05, 0) is 80.9 Å². The van der Waals surface area contributed by atoms with Crippen molar-refractivity contribution < 1.29 is 14.4 Å². The summed E-state index contributed by atoms with van der Waals surface area (Å²) in [6, 6.07) is 22.4. The third-order valence-electron chi connectivity index (χ3n) is 9.40. The molecule has 3 aromatic carbocycles. The highest BCUT2D eigenvalue weighted by Crippen LogP contribution is 2.27. The van der Waals surface area contributed by atoms with Crippen LogP contribution in [0.4, 0.5) is 0 Å². The molecule has 1 fully saturated rings. The molecule has 0 aliphatic carbocycles. The Morgan fingerprint density at radius 3 is 2.15 bits per heavy atom. The average molecular weight is 640 g/mol. The highest BCUT2D eigenvalue weighted by molar-refractivity contribution is 5.95. The zero-order valence-electron chi connectivity index (χ0n) is 29.0. The fourth-order valence-corrected chi connectivity index (χ4v) is 6.32. The van der Waals surface area contributed by atoms with Gasteiger partial charge >= 0.3 is 0 Å². The molecule has 0 aromatic heterocycles. The molecular formula is C39H53N5O3. The van der Waals surface area contributed by atoms with Gasteiger partial charge in [0.25, 0.3) is 0 Å². The third kappa shape index (κ3) is 9.75. The summed E-state index contributed by atoms with van der Waals surface area (Å²) < 4.78 is 0. The molecule has 0 unspecified atom stereocenters. The van der Waals surface area contributed by atoms with Crippen molar-refractivity contribution in [3.63, 3.8) is 0 Å². The molecule has 0 spiro atoms. The van der Waals surface area contributed by atoms with Crippen LogP contribution in [0.15, 0.2) is 84.9 Å². The monoisotopic (exact) mass is 639 g/mol. The zero-order valence-corrected chi connectivity index (χ0v) is 29.0. The Kier molecular flexibility index (Phi) is 11.6. The lowest BCUT2D eigenvalue weighted by molar-refractivity contribution is -0.150. The molecule has 0 radical (unpaired) electrons. The summed E-state index contributed by atoms with van der Waals surface area (Å²) in [7, 11) is 3.35. The lowest BCUT2D eigenvalue weighted by Gasteiger charge is -2.42. The van der Waals surface area contributed by atoms with Crippen LogP contribution in [-0.2, 0) is 27.2 Å². The Morgan fingerprint density at radius 1 is 0.851 bits per heavy atom. The van der Waals surface area contributed by atoms with Gasteiger partial charge in [-0.25, -0.2) is 0 Å². The van der Waals surface area contributed by atoms with Crippen molar-refractivity contribution in [1.29, 1.82) is 0 Å². The molecular weight excluding hydrogens is 586 g/mol. The Labute approximate surface area is 280 Å². The van der Waals surface area contributed by atoms with E-state index >= 15 is 0 Å². The molecule has 3 amide bonds. The minimum Gasteiger partial charge on any atom is -0.341 e. The van der Waals surface area contributed by atoms with Crippen molar-refractivity contribution in [2.45, 2.75) is 83.0 Å². The summed E-state index contributed by atoms with van der Waals surface area (Å²) >= 11 is 0. The summed E-state index contributed by atoms with van der Waals surface area (Å²) in [5.74, 6) is -0.518.